The highest BCUT2D eigenvalue weighted by Crippen LogP contribution is 2.35. The predicted octanol–water partition coefficient (Wildman–Crippen LogP) is 3.34. The molecule has 0 radical (unpaired) electrons. The van der Waals surface area contributed by atoms with Crippen molar-refractivity contribution in [1.29, 1.82) is 0 Å². The van der Waals surface area contributed by atoms with Gasteiger partial charge in [0.25, 0.3) is 0 Å². The Morgan fingerprint density at radius 2 is 1.82 bits per heavy atom. The van der Waals surface area contributed by atoms with Crippen molar-refractivity contribution in [2.75, 3.05) is 0 Å². The number of thiophene rings is 1. The first-order valence-corrected chi connectivity index (χ1v) is 6.61. The summed E-state index contributed by atoms with van der Waals surface area (Å²) < 4.78 is 1.06. The summed E-state index contributed by atoms with van der Waals surface area (Å²) in [6.07, 6.45) is -1.60. The van der Waals surface area contributed by atoms with Crippen LogP contribution in [0.3, 0.4) is 0 Å². The maximum atomic E-state index is 10.3. The zero-order chi connectivity index (χ0) is 12.6. The maximum absolute atomic E-state index is 10.3. The molecule has 0 saturated heterocycles. The van der Waals surface area contributed by atoms with Crippen LogP contribution in [-0.2, 0) is 0 Å². The third-order valence-electron chi connectivity index (χ3n) is 3.01. The van der Waals surface area contributed by atoms with Crippen molar-refractivity contribution >= 4 is 21.4 Å². The summed E-state index contributed by atoms with van der Waals surface area (Å²) in [6.45, 7) is 5.78. The third-order valence-corrected chi connectivity index (χ3v) is 3.99. The molecule has 0 aliphatic heterocycles. The second kappa shape index (κ2) is 4.41. The summed E-state index contributed by atoms with van der Waals surface area (Å²) in [5.41, 5.74) is 0.485. The third kappa shape index (κ3) is 2.37. The van der Waals surface area contributed by atoms with Gasteiger partial charge in [-0.15, -0.1) is 11.3 Å². The van der Waals surface area contributed by atoms with E-state index in [-0.39, 0.29) is 5.41 Å². The van der Waals surface area contributed by atoms with Gasteiger partial charge >= 0.3 is 0 Å². The Kier molecular flexibility index (Phi) is 3.25. The minimum absolute atomic E-state index is 0.334. The van der Waals surface area contributed by atoms with Crippen LogP contribution in [-0.4, -0.2) is 16.3 Å². The highest BCUT2D eigenvalue weighted by Gasteiger charge is 2.31. The lowest BCUT2D eigenvalue weighted by Crippen LogP contribution is -2.32. The molecule has 2 unspecified atom stereocenters. The molecule has 17 heavy (non-hydrogen) atoms. The van der Waals surface area contributed by atoms with Gasteiger partial charge in [0.2, 0.25) is 0 Å². The Bertz CT molecular complexity index is 510. The maximum Gasteiger partial charge on any atom is 0.107 e. The lowest BCUT2D eigenvalue weighted by atomic mass is 9.83. The van der Waals surface area contributed by atoms with Gasteiger partial charge < -0.3 is 10.2 Å². The number of aliphatic hydroxyl groups excluding tert-OH is 2. The molecule has 3 heteroatoms. The van der Waals surface area contributed by atoms with Crippen LogP contribution in [0.1, 0.15) is 32.4 Å². The van der Waals surface area contributed by atoms with Crippen LogP contribution >= 0.6 is 11.3 Å². The molecule has 1 aromatic heterocycles. The largest absolute Gasteiger partial charge is 0.390 e. The van der Waals surface area contributed by atoms with Gasteiger partial charge in [-0.25, -0.2) is 0 Å². The van der Waals surface area contributed by atoms with E-state index in [1.807, 2.05) is 50.4 Å². The first-order valence-electron chi connectivity index (χ1n) is 5.73. The van der Waals surface area contributed by atoms with Crippen molar-refractivity contribution in [3.63, 3.8) is 0 Å². The molecular weight excluding hydrogens is 232 g/mol. The summed E-state index contributed by atoms with van der Waals surface area (Å²) in [4.78, 5) is 0. The quantitative estimate of drug-likeness (QED) is 0.858. The van der Waals surface area contributed by atoms with Crippen molar-refractivity contribution < 1.29 is 10.2 Å². The molecule has 1 heterocycles. The minimum atomic E-state index is -0.836. The molecule has 0 aliphatic carbocycles. The summed E-state index contributed by atoms with van der Waals surface area (Å²) in [7, 11) is 0. The molecule has 1 aromatic carbocycles. The van der Waals surface area contributed by atoms with Crippen LogP contribution in [0.25, 0.3) is 10.1 Å². The fourth-order valence-electron chi connectivity index (χ4n) is 1.89. The topological polar surface area (TPSA) is 40.5 Å². The second-order valence-electron chi connectivity index (χ2n) is 5.44. The van der Waals surface area contributed by atoms with Gasteiger partial charge in [-0.3, -0.25) is 0 Å². The fraction of sp³-hybridized carbons (Fsp3) is 0.429. The first kappa shape index (κ1) is 12.6. The predicted molar refractivity (Wildman–Crippen MR) is 72.2 cm³/mol. The Hall–Kier alpha value is -0.900. The molecule has 2 aromatic rings. The second-order valence-corrected chi connectivity index (χ2v) is 6.36. The molecule has 0 fully saturated rings. The first-order chi connectivity index (χ1) is 7.91. The highest BCUT2D eigenvalue weighted by atomic mass is 32.1. The normalized spacial score (nSPS) is 16.1. The van der Waals surface area contributed by atoms with E-state index >= 15 is 0 Å². The van der Waals surface area contributed by atoms with Crippen LogP contribution < -0.4 is 0 Å². The summed E-state index contributed by atoms with van der Waals surface area (Å²) in [5, 5.41) is 23.6. The minimum Gasteiger partial charge on any atom is -0.390 e. The van der Waals surface area contributed by atoms with Gasteiger partial charge in [-0.1, -0.05) is 39.0 Å². The average Bonchev–Trinajstić information content (AvgIpc) is 2.73. The van der Waals surface area contributed by atoms with E-state index in [1.165, 1.54) is 0 Å². The SMILES string of the molecule is CC(C)(C)C(O)C(O)c1cccc2ccsc12. The van der Waals surface area contributed by atoms with Gasteiger partial charge in [0.1, 0.15) is 6.10 Å². The summed E-state index contributed by atoms with van der Waals surface area (Å²) >= 11 is 1.60. The number of benzene rings is 1. The van der Waals surface area contributed by atoms with E-state index in [0.29, 0.717) is 0 Å². The monoisotopic (exact) mass is 250 g/mol. The van der Waals surface area contributed by atoms with Gasteiger partial charge in [0, 0.05) is 10.3 Å². The molecule has 0 bridgehead atoms. The van der Waals surface area contributed by atoms with Gasteiger partial charge in [0.15, 0.2) is 0 Å². The van der Waals surface area contributed by atoms with Gasteiger partial charge in [0.05, 0.1) is 6.10 Å². The lowest BCUT2D eigenvalue weighted by molar-refractivity contribution is -0.0451. The van der Waals surface area contributed by atoms with Crippen LogP contribution in [0.5, 0.6) is 0 Å². The van der Waals surface area contributed by atoms with E-state index < -0.39 is 12.2 Å². The molecule has 2 N–H and O–H groups in total. The molecule has 0 aliphatic rings. The molecular formula is C14H18O2S. The Balaban J connectivity index is 2.43. The van der Waals surface area contributed by atoms with Crippen molar-refractivity contribution in [1.82, 2.24) is 0 Å². The van der Waals surface area contributed by atoms with E-state index in [2.05, 4.69) is 0 Å². The molecule has 2 atom stereocenters. The fourth-order valence-corrected chi connectivity index (χ4v) is 2.84. The highest BCUT2D eigenvalue weighted by molar-refractivity contribution is 7.17. The summed E-state index contributed by atoms with van der Waals surface area (Å²) in [6, 6.07) is 7.85. The molecule has 0 amide bonds. The number of hydrogen-bond acceptors (Lipinski definition) is 3. The van der Waals surface area contributed by atoms with Crippen LogP contribution in [0.2, 0.25) is 0 Å². The average molecular weight is 250 g/mol. The Morgan fingerprint density at radius 3 is 2.47 bits per heavy atom. The standard InChI is InChI=1S/C14H18O2S/c1-14(2,3)13(16)11(15)10-6-4-5-9-7-8-17-12(9)10/h4-8,11,13,15-16H,1-3H3. The molecule has 2 rings (SSSR count). The van der Waals surface area contributed by atoms with Crippen molar-refractivity contribution in [2.24, 2.45) is 5.41 Å². The number of hydrogen-bond donors (Lipinski definition) is 2. The molecule has 0 saturated carbocycles. The van der Waals surface area contributed by atoms with Crippen molar-refractivity contribution in [2.45, 2.75) is 33.0 Å². The van der Waals surface area contributed by atoms with Crippen LogP contribution in [0.15, 0.2) is 29.6 Å². The smallest absolute Gasteiger partial charge is 0.107 e. The van der Waals surface area contributed by atoms with Crippen molar-refractivity contribution in [3.8, 4) is 0 Å². The lowest BCUT2D eigenvalue weighted by Gasteiger charge is -2.30. The van der Waals surface area contributed by atoms with Crippen LogP contribution in [0.4, 0.5) is 0 Å². The Labute approximate surface area is 106 Å². The van der Waals surface area contributed by atoms with E-state index in [4.69, 9.17) is 0 Å². The van der Waals surface area contributed by atoms with Gasteiger partial charge in [-0.05, 0) is 22.2 Å². The van der Waals surface area contributed by atoms with Gasteiger partial charge in [-0.2, -0.15) is 0 Å². The summed E-state index contributed by atoms with van der Waals surface area (Å²) in [5.74, 6) is 0. The zero-order valence-corrected chi connectivity index (χ0v) is 11.2. The Morgan fingerprint density at radius 1 is 1.12 bits per heavy atom. The number of aliphatic hydroxyl groups is 2. The number of rotatable bonds is 2. The molecule has 0 spiro atoms. The number of fused-ring (bicyclic) bond motifs is 1. The molecule has 92 valence electrons. The molecule has 2 nitrogen and oxygen atoms in total. The van der Waals surface area contributed by atoms with E-state index in [1.54, 1.807) is 11.3 Å². The zero-order valence-electron chi connectivity index (χ0n) is 10.3. The van der Waals surface area contributed by atoms with Crippen molar-refractivity contribution in [3.05, 3.63) is 35.2 Å². The van der Waals surface area contributed by atoms with Crippen LogP contribution in [0, 0.1) is 5.41 Å². The van der Waals surface area contributed by atoms with E-state index in [0.717, 1.165) is 15.6 Å². The van der Waals surface area contributed by atoms with E-state index in [9.17, 15) is 10.2 Å².